The van der Waals surface area contributed by atoms with Crippen LogP contribution in [0.2, 0.25) is 5.02 Å². The van der Waals surface area contributed by atoms with Gasteiger partial charge < -0.3 is 19.4 Å². The minimum Gasteiger partial charge on any atom is -0.410 e. The van der Waals surface area contributed by atoms with Crippen LogP contribution in [-0.4, -0.2) is 65.5 Å². The molecule has 2 saturated heterocycles. The summed E-state index contributed by atoms with van der Waals surface area (Å²) in [5, 5.41) is 9.64. The van der Waals surface area contributed by atoms with Crippen LogP contribution in [0.25, 0.3) is 0 Å². The van der Waals surface area contributed by atoms with Gasteiger partial charge in [0.05, 0.1) is 11.6 Å². The van der Waals surface area contributed by atoms with Crippen LogP contribution in [0.1, 0.15) is 36.8 Å². The molecule has 0 aliphatic carbocycles. The van der Waals surface area contributed by atoms with Crippen LogP contribution in [-0.2, 0) is 4.79 Å². The molecule has 2 aliphatic heterocycles. The number of aromatic nitrogens is 1. The summed E-state index contributed by atoms with van der Waals surface area (Å²) >= 11 is 6.15. The zero-order chi connectivity index (χ0) is 28.9. The first-order valence-electron chi connectivity index (χ1n) is 13.8. The molecule has 8 nitrogen and oxygen atoms in total. The van der Waals surface area contributed by atoms with Crippen LogP contribution in [0, 0.1) is 23.1 Å². The van der Waals surface area contributed by atoms with E-state index in [0.29, 0.717) is 56.2 Å². The van der Waals surface area contributed by atoms with E-state index in [2.05, 4.69) is 16.0 Å². The summed E-state index contributed by atoms with van der Waals surface area (Å²) in [7, 11) is 0. The first-order chi connectivity index (χ1) is 19.9. The number of piperidine rings is 1. The van der Waals surface area contributed by atoms with Gasteiger partial charge in [0, 0.05) is 55.8 Å². The van der Waals surface area contributed by atoms with Crippen molar-refractivity contribution >= 4 is 29.4 Å². The van der Waals surface area contributed by atoms with E-state index in [4.69, 9.17) is 21.6 Å². The number of likely N-dealkylation sites (tertiary alicyclic amines) is 1. The summed E-state index contributed by atoms with van der Waals surface area (Å²) < 4.78 is 18.9. The van der Waals surface area contributed by atoms with E-state index in [0.717, 1.165) is 11.4 Å². The summed E-state index contributed by atoms with van der Waals surface area (Å²) in [5.74, 6) is 0.477. The molecule has 2 fully saturated rings. The third kappa shape index (κ3) is 6.44. The van der Waals surface area contributed by atoms with Gasteiger partial charge >= 0.3 is 6.09 Å². The zero-order valence-electron chi connectivity index (χ0n) is 22.7. The minimum absolute atomic E-state index is 0.0851. The second-order valence-corrected chi connectivity index (χ2v) is 10.8. The molecule has 41 heavy (non-hydrogen) atoms. The van der Waals surface area contributed by atoms with Crippen molar-refractivity contribution in [2.24, 2.45) is 5.92 Å². The summed E-state index contributed by atoms with van der Waals surface area (Å²) in [6, 6.07) is 18.2. The number of ether oxygens (including phenoxy) is 1. The fourth-order valence-electron chi connectivity index (χ4n) is 5.73. The number of anilines is 1. The normalized spacial score (nSPS) is 19.1. The molecule has 0 N–H and O–H groups in total. The highest BCUT2D eigenvalue weighted by atomic mass is 35.5. The number of nitriles is 1. The fourth-order valence-corrected chi connectivity index (χ4v) is 5.86. The van der Waals surface area contributed by atoms with Crippen molar-refractivity contribution in [3.8, 4) is 11.8 Å². The zero-order valence-corrected chi connectivity index (χ0v) is 23.5. The third-order valence-electron chi connectivity index (χ3n) is 7.94. The Kier molecular flexibility index (Phi) is 8.70. The lowest BCUT2D eigenvalue weighted by molar-refractivity contribution is -0.135. The van der Waals surface area contributed by atoms with Gasteiger partial charge in [-0.3, -0.25) is 4.79 Å². The Hall–Kier alpha value is -4.16. The van der Waals surface area contributed by atoms with Crippen molar-refractivity contribution in [3.63, 3.8) is 0 Å². The van der Waals surface area contributed by atoms with Gasteiger partial charge in [-0.15, -0.1) is 0 Å². The second kappa shape index (κ2) is 12.6. The molecule has 0 radical (unpaired) electrons. The van der Waals surface area contributed by atoms with Gasteiger partial charge in [-0.05, 0) is 73.9 Å². The topological polar surface area (TPSA) is 89.8 Å². The number of hydrogen-bond acceptors (Lipinski definition) is 6. The molecule has 2 atom stereocenters. The Balaban J connectivity index is 1.30. The number of pyridine rings is 1. The van der Waals surface area contributed by atoms with Gasteiger partial charge in [-0.2, -0.15) is 5.26 Å². The van der Waals surface area contributed by atoms with Crippen molar-refractivity contribution in [1.29, 1.82) is 5.26 Å². The summed E-state index contributed by atoms with van der Waals surface area (Å²) in [6.07, 6.45) is 2.41. The monoisotopic (exact) mass is 575 g/mol. The number of amides is 2. The van der Waals surface area contributed by atoms with Gasteiger partial charge in [0.25, 0.3) is 0 Å². The lowest BCUT2D eigenvalue weighted by Crippen LogP contribution is -2.47. The first kappa shape index (κ1) is 28.4. The summed E-state index contributed by atoms with van der Waals surface area (Å²) in [5.41, 5.74) is 1.50. The Labute approximate surface area is 243 Å². The molecular formula is C31H31ClFN5O3. The van der Waals surface area contributed by atoms with Gasteiger partial charge in [0.1, 0.15) is 23.5 Å². The number of likely N-dealkylation sites (N-methyl/N-ethyl adjacent to an activating group) is 1. The fraction of sp³-hybridized carbons (Fsp3) is 0.355. The van der Waals surface area contributed by atoms with Gasteiger partial charge in [-0.25, -0.2) is 14.2 Å². The van der Waals surface area contributed by atoms with Crippen LogP contribution in [0.5, 0.6) is 5.75 Å². The molecule has 2 amide bonds. The lowest BCUT2D eigenvalue weighted by Gasteiger charge is -2.34. The van der Waals surface area contributed by atoms with Gasteiger partial charge in [0.15, 0.2) is 0 Å². The molecule has 0 bridgehead atoms. The Morgan fingerprint density at radius 3 is 2.39 bits per heavy atom. The number of rotatable bonds is 6. The predicted octanol–water partition coefficient (Wildman–Crippen LogP) is 5.48. The molecule has 3 aromatic rings. The van der Waals surface area contributed by atoms with Crippen LogP contribution in [0.3, 0.4) is 0 Å². The summed E-state index contributed by atoms with van der Waals surface area (Å²) in [6.45, 7) is 4.50. The molecule has 212 valence electrons. The highest BCUT2D eigenvalue weighted by Crippen LogP contribution is 2.35. The number of carbonyl (C=O) groups is 2. The molecule has 0 saturated carbocycles. The lowest BCUT2D eigenvalue weighted by atomic mass is 9.93. The van der Waals surface area contributed by atoms with E-state index in [1.807, 2.05) is 42.2 Å². The maximum Gasteiger partial charge on any atom is 0.415 e. The molecular weight excluding hydrogens is 545 g/mol. The highest BCUT2D eigenvalue weighted by molar-refractivity contribution is 6.30. The quantitative estimate of drug-likeness (QED) is 0.387. The molecule has 0 unspecified atom stereocenters. The minimum atomic E-state index is -0.541. The predicted molar refractivity (Wildman–Crippen MR) is 153 cm³/mol. The maximum absolute atomic E-state index is 13.8. The van der Waals surface area contributed by atoms with E-state index in [-0.39, 0.29) is 29.5 Å². The molecule has 0 spiro atoms. The van der Waals surface area contributed by atoms with Crippen molar-refractivity contribution in [3.05, 3.63) is 88.8 Å². The van der Waals surface area contributed by atoms with Crippen molar-refractivity contribution < 1.29 is 18.7 Å². The van der Waals surface area contributed by atoms with E-state index in [1.54, 1.807) is 17.2 Å². The van der Waals surface area contributed by atoms with Gasteiger partial charge in [-0.1, -0.05) is 23.7 Å². The van der Waals surface area contributed by atoms with Crippen LogP contribution < -0.4 is 9.64 Å². The number of nitrogens with zero attached hydrogens (tertiary/aromatic N) is 5. The van der Waals surface area contributed by atoms with Crippen LogP contribution >= 0.6 is 11.6 Å². The van der Waals surface area contributed by atoms with E-state index >= 15 is 0 Å². The number of halogens is 2. The average Bonchev–Trinajstić information content (AvgIpc) is 3.44. The molecule has 5 rings (SSSR count). The number of benzene rings is 2. The van der Waals surface area contributed by atoms with Gasteiger partial charge in [0.2, 0.25) is 5.91 Å². The van der Waals surface area contributed by atoms with Crippen molar-refractivity contribution in [2.45, 2.75) is 31.7 Å². The second-order valence-electron chi connectivity index (χ2n) is 10.4. The Morgan fingerprint density at radius 2 is 1.78 bits per heavy atom. The molecule has 3 heterocycles. The molecule has 2 aliphatic rings. The van der Waals surface area contributed by atoms with Crippen molar-refractivity contribution in [2.75, 3.05) is 37.6 Å². The van der Waals surface area contributed by atoms with Crippen LogP contribution in [0.4, 0.5) is 15.0 Å². The average molecular weight is 576 g/mol. The Bertz CT molecular complexity index is 1400. The molecule has 2 aromatic carbocycles. The SMILES string of the molecule is CCN(C(=O)Oc1ccc(F)cc1)[C@H]1CN(C(=O)C2CCN(c3ccc(C#N)cn3)CC2)C[C@@H]1c1ccc(Cl)cc1. The number of hydrogen-bond donors (Lipinski definition) is 0. The van der Waals surface area contributed by atoms with Crippen molar-refractivity contribution in [1.82, 2.24) is 14.8 Å². The summed E-state index contributed by atoms with van der Waals surface area (Å²) in [4.78, 5) is 37.1. The third-order valence-corrected chi connectivity index (χ3v) is 8.19. The standard InChI is InChI=1S/C31H31ClFN5O3/c1-2-38(31(40)41-26-10-8-25(33)9-11-26)28-20-37(19-27(28)22-4-6-24(32)7-5-22)30(39)23-13-15-36(16-14-23)29-12-3-21(17-34)18-35-29/h3-12,18,23,27-28H,2,13-16,19-20H2,1H3/t27-,28+/m1/s1. The Morgan fingerprint density at radius 1 is 1.07 bits per heavy atom. The number of carbonyl (C=O) groups excluding carboxylic acids is 2. The van der Waals surface area contributed by atoms with E-state index in [9.17, 15) is 14.0 Å². The molecule has 1 aromatic heterocycles. The maximum atomic E-state index is 13.8. The highest BCUT2D eigenvalue weighted by Gasteiger charge is 2.43. The van der Waals surface area contributed by atoms with E-state index in [1.165, 1.54) is 24.3 Å². The van der Waals surface area contributed by atoms with E-state index < -0.39 is 11.9 Å². The first-order valence-corrected chi connectivity index (χ1v) is 14.1. The smallest absolute Gasteiger partial charge is 0.410 e. The largest absolute Gasteiger partial charge is 0.415 e. The van der Waals surface area contributed by atoms with Crippen LogP contribution in [0.15, 0.2) is 66.9 Å². The molecule has 10 heteroatoms.